The molecule has 1 aliphatic heterocycles. The first-order chi connectivity index (χ1) is 6.63. The molecule has 1 unspecified atom stereocenters. The van der Waals surface area contributed by atoms with Crippen LogP contribution in [-0.4, -0.2) is 12.3 Å². The molecule has 1 aromatic rings. The van der Waals surface area contributed by atoms with Crippen molar-refractivity contribution in [3.8, 4) is 11.5 Å². The van der Waals surface area contributed by atoms with E-state index in [0.717, 1.165) is 5.75 Å². The predicted octanol–water partition coefficient (Wildman–Crippen LogP) is 2.18. The summed E-state index contributed by atoms with van der Waals surface area (Å²) in [4.78, 5) is 0. The number of halogens is 1. The first kappa shape index (κ1) is 9.62. The van der Waals surface area contributed by atoms with Gasteiger partial charge in [-0.1, -0.05) is 11.6 Å². The molecular formula is C10H12ClNO2. The molecule has 0 saturated heterocycles. The predicted molar refractivity (Wildman–Crippen MR) is 54.8 cm³/mol. The van der Waals surface area contributed by atoms with E-state index in [1.165, 1.54) is 0 Å². The maximum Gasteiger partial charge on any atom is 0.250 e. The molecule has 0 fully saturated rings. The summed E-state index contributed by atoms with van der Waals surface area (Å²) in [6.45, 7) is 2.39. The molecule has 1 heterocycles. The van der Waals surface area contributed by atoms with Gasteiger partial charge in [-0.3, -0.25) is 0 Å². The van der Waals surface area contributed by atoms with Gasteiger partial charge in [0.05, 0.1) is 0 Å². The van der Waals surface area contributed by atoms with Crippen LogP contribution in [0.15, 0.2) is 18.2 Å². The Hall–Kier alpha value is -0.930. The van der Waals surface area contributed by atoms with E-state index in [0.29, 0.717) is 23.7 Å². The Morgan fingerprint density at radius 1 is 1.36 bits per heavy atom. The van der Waals surface area contributed by atoms with Crippen molar-refractivity contribution in [1.82, 2.24) is 0 Å². The molecule has 3 nitrogen and oxygen atoms in total. The van der Waals surface area contributed by atoms with Crippen molar-refractivity contribution in [1.29, 1.82) is 0 Å². The zero-order valence-electron chi connectivity index (χ0n) is 7.92. The van der Waals surface area contributed by atoms with Crippen LogP contribution in [-0.2, 0) is 0 Å². The van der Waals surface area contributed by atoms with E-state index in [2.05, 4.69) is 0 Å². The van der Waals surface area contributed by atoms with Crippen molar-refractivity contribution >= 4 is 11.6 Å². The smallest absolute Gasteiger partial charge is 0.250 e. The van der Waals surface area contributed by atoms with Gasteiger partial charge in [0.25, 0.3) is 0 Å². The van der Waals surface area contributed by atoms with E-state index in [4.69, 9.17) is 26.8 Å². The van der Waals surface area contributed by atoms with Crippen molar-refractivity contribution in [2.45, 2.75) is 19.1 Å². The highest BCUT2D eigenvalue weighted by Crippen LogP contribution is 2.41. The van der Waals surface area contributed by atoms with Crippen LogP contribution in [0.3, 0.4) is 0 Å². The summed E-state index contributed by atoms with van der Waals surface area (Å²) in [5.74, 6) is 0.778. The first-order valence-electron chi connectivity index (χ1n) is 4.51. The Labute approximate surface area is 87.8 Å². The lowest BCUT2D eigenvalue weighted by atomic mass is 10.2. The van der Waals surface area contributed by atoms with E-state index in [1.807, 2.05) is 6.92 Å². The van der Waals surface area contributed by atoms with Gasteiger partial charge >= 0.3 is 0 Å². The second kappa shape index (κ2) is 3.33. The van der Waals surface area contributed by atoms with E-state index < -0.39 is 5.79 Å². The number of hydrogen-bond acceptors (Lipinski definition) is 3. The summed E-state index contributed by atoms with van der Waals surface area (Å²) in [5.41, 5.74) is 5.47. The normalized spacial score (nSPS) is 23.9. The Kier molecular flexibility index (Phi) is 2.29. The largest absolute Gasteiger partial charge is 0.449 e. The minimum absolute atomic E-state index is 0.526. The van der Waals surface area contributed by atoms with E-state index in [9.17, 15) is 0 Å². The zero-order chi connectivity index (χ0) is 10.2. The van der Waals surface area contributed by atoms with Crippen molar-refractivity contribution in [2.75, 3.05) is 6.54 Å². The highest BCUT2D eigenvalue weighted by molar-refractivity contribution is 6.30. The van der Waals surface area contributed by atoms with Crippen LogP contribution >= 0.6 is 11.6 Å². The highest BCUT2D eigenvalue weighted by Gasteiger charge is 2.35. The van der Waals surface area contributed by atoms with Crippen molar-refractivity contribution < 1.29 is 9.47 Å². The van der Waals surface area contributed by atoms with Crippen LogP contribution in [0, 0.1) is 0 Å². The van der Waals surface area contributed by atoms with Gasteiger partial charge in [-0.2, -0.15) is 0 Å². The highest BCUT2D eigenvalue weighted by atomic mass is 35.5. The van der Waals surface area contributed by atoms with Crippen LogP contribution in [0.4, 0.5) is 0 Å². The molecule has 0 amide bonds. The second-order valence-corrected chi connectivity index (χ2v) is 3.90. The number of benzene rings is 1. The minimum atomic E-state index is -0.637. The topological polar surface area (TPSA) is 44.5 Å². The molecule has 1 aromatic carbocycles. The van der Waals surface area contributed by atoms with Crippen molar-refractivity contribution in [3.63, 3.8) is 0 Å². The maximum absolute atomic E-state index is 5.83. The lowest BCUT2D eigenvalue weighted by molar-refractivity contribution is -0.0657. The number of rotatable bonds is 2. The lowest BCUT2D eigenvalue weighted by Crippen LogP contribution is -2.36. The summed E-state index contributed by atoms with van der Waals surface area (Å²) >= 11 is 5.83. The number of hydrogen-bond donors (Lipinski definition) is 1. The van der Waals surface area contributed by atoms with Gasteiger partial charge in [-0.25, -0.2) is 0 Å². The fraction of sp³-hybridized carbons (Fsp3) is 0.400. The quantitative estimate of drug-likeness (QED) is 0.819. The van der Waals surface area contributed by atoms with Gasteiger partial charge in [-0.15, -0.1) is 0 Å². The van der Waals surface area contributed by atoms with Gasteiger partial charge in [0.15, 0.2) is 11.5 Å². The lowest BCUT2D eigenvalue weighted by Gasteiger charge is -2.21. The van der Waals surface area contributed by atoms with Gasteiger partial charge in [-0.05, 0) is 18.7 Å². The summed E-state index contributed by atoms with van der Waals surface area (Å²) < 4.78 is 11.3. The van der Waals surface area contributed by atoms with Gasteiger partial charge in [0.1, 0.15) is 0 Å². The standard InChI is InChI=1S/C10H12ClNO2/c1-10(4-5-12)13-8-3-2-7(11)6-9(8)14-10/h2-3,6H,4-5,12H2,1H3. The molecule has 1 aliphatic rings. The van der Waals surface area contributed by atoms with Gasteiger partial charge < -0.3 is 15.2 Å². The van der Waals surface area contributed by atoms with Crippen LogP contribution in [0.25, 0.3) is 0 Å². The van der Waals surface area contributed by atoms with Crippen molar-refractivity contribution in [3.05, 3.63) is 23.2 Å². The molecule has 0 aliphatic carbocycles. The number of nitrogens with two attached hydrogens (primary N) is 1. The number of fused-ring (bicyclic) bond motifs is 1. The minimum Gasteiger partial charge on any atom is -0.449 e. The Morgan fingerprint density at radius 2 is 2.07 bits per heavy atom. The molecule has 0 aromatic heterocycles. The summed E-state index contributed by atoms with van der Waals surface area (Å²) in [5, 5.41) is 0.643. The molecule has 0 spiro atoms. The molecule has 1 atom stereocenters. The average Bonchev–Trinajstić information content (AvgIpc) is 2.40. The van der Waals surface area contributed by atoms with Crippen LogP contribution in [0.2, 0.25) is 5.02 Å². The molecule has 4 heteroatoms. The van der Waals surface area contributed by atoms with E-state index in [-0.39, 0.29) is 0 Å². The molecular weight excluding hydrogens is 202 g/mol. The molecule has 2 N–H and O–H groups in total. The van der Waals surface area contributed by atoms with Crippen LogP contribution < -0.4 is 15.2 Å². The molecule has 2 rings (SSSR count). The van der Waals surface area contributed by atoms with E-state index >= 15 is 0 Å². The second-order valence-electron chi connectivity index (χ2n) is 3.47. The molecule has 0 saturated carbocycles. The summed E-state index contributed by atoms with van der Waals surface area (Å²) in [6, 6.07) is 5.33. The van der Waals surface area contributed by atoms with Crippen LogP contribution in [0.5, 0.6) is 11.5 Å². The Bertz CT molecular complexity index is 356. The first-order valence-corrected chi connectivity index (χ1v) is 4.88. The third-order valence-corrected chi connectivity index (χ3v) is 2.39. The van der Waals surface area contributed by atoms with Gasteiger partial charge in [0.2, 0.25) is 5.79 Å². The maximum atomic E-state index is 5.83. The molecule has 76 valence electrons. The Morgan fingerprint density at radius 3 is 2.79 bits per heavy atom. The third kappa shape index (κ3) is 1.65. The van der Waals surface area contributed by atoms with Crippen molar-refractivity contribution in [2.24, 2.45) is 5.73 Å². The molecule has 0 bridgehead atoms. The van der Waals surface area contributed by atoms with Crippen LogP contribution in [0.1, 0.15) is 13.3 Å². The fourth-order valence-electron chi connectivity index (χ4n) is 1.50. The number of ether oxygens (including phenoxy) is 2. The zero-order valence-corrected chi connectivity index (χ0v) is 8.67. The Balaban J connectivity index is 2.25. The molecule has 14 heavy (non-hydrogen) atoms. The van der Waals surface area contributed by atoms with E-state index in [1.54, 1.807) is 18.2 Å². The summed E-state index contributed by atoms with van der Waals surface area (Å²) in [6.07, 6.45) is 0.652. The third-order valence-electron chi connectivity index (χ3n) is 2.16. The summed E-state index contributed by atoms with van der Waals surface area (Å²) in [7, 11) is 0. The monoisotopic (exact) mass is 213 g/mol. The molecule has 0 radical (unpaired) electrons. The average molecular weight is 214 g/mol. The fourth-order valence-corrected chi connectivity index (χ4v) is 1.66. The van der Waals surface area contributed by atoms with Gasteiger partial charge in [0, 0.05) is 24.4 Å². The SMILES string of the molecule is CC1(CCN)Oc2ccc(Cl)cc2O1.